The Hall–Kier alpha value is -1.10. The van der Waals surface area contributed by atoms with Gasteiger partial charge in [0.25, 0.3) is 0 Å². The average Bonchev–Trinajstić information content (AvgIpc) is 1.98. The van der Waals surface area contributed by atoms with E-state index >= 15 is 0 Å². The zero-order chi connectivity index (χ0) is 6.15. The summed E-state index contributed by atoms with van der Waals surface area (Å²) >= 11 is 0. The molecule has 8 heavy (non-hydrogen) atoms. The van der Waals surface area contributed by atoms with Crippen molar-refractivity contribution in [3.8, 4) is 0 Å². The number of carbonyl (C=O) groups excluding carboxylic acids is 1. The van der Waals surface area contributed by atoms with E-state index < -0.39 is 12.1 Å². The van der Waals surface area contributed by atoms with Crippen LogP contribution in [-0.4, -0.2) is 28.3 Å². The maximum atomic E-state index is 10.2. The molecular weight excluding hydrogens is 112 g/mol. The molecule has 1 aliphatic rings. The summed E-state index contributed by atoms with van der Waals surface area (Å²) in [7, 11) is 0. The first-order valence-corrected chi connectivity index (χ1v) is 1.99. The molecule has 0 aromatic heterocycles. The van der Waals surface area contributed by atoms with E-state index in [-0.39, 0.29) is 4.74 Å². The van der Waals surface area contributed by atoms with Crippen LogP contribution in [0.4, 0.5) is 0 Å². The Morgan fingerprint density at radius 1 is 2.00 bits per heavy atom. The van der Waals surface area contributed by atoms with Gasteiger partial charge in [-0.25, -0.2) is 14.9 Å². The lowest BCUT2D eigenvalue weighted by atomic mass is 10.6. The molecular formula is C3H4N2O3. The minimum atomic E-state index is -1.55. The molecule has 0 saturated heterocycles. The lowest BCUT2D eigenvalue weighted by Gasteiger charge is -2.02. The number of hydrogen-bond acceptors (Lipinski definition) is 3. The Balaban J connectivity index is 2.72. The summed E-state index contributed by atoms with van der Waals surface area (Å²) in [4.78, 5) is 10.2. The number of rotatable bonds is 0. The zero-order valence-electron chi connectivity index (χ0n) is 3.87. The summed E-state index contributed by atoms with van der Waals surface area (Å²) in [5.41, 5.74) is 0. The van der Waals surface area contributed by atoms with Crippen molar-refractivity contribution in [2.24, 2.45) is 0 Å². The molecule has 1 atom stereocenters. The number of nitrogens with zero attached hydrogens (tertiary/aromatic N) is 1. The Morgan fingerprint density at radius 3 is 2.75 bits per heavy atom. The van der Waals surface area contributed by atoms with Gasteiger partial charge in [0.1, 0.15) is 0 Å². The van der Waals surface area contributed by atoms with E-state index in [2.05, 4.69) is 0 Å². The molecule has 0 bridgehead atoms. The van der Waals surface area contributed by atoms with E-state index in [1.165, 1.54) is 0 Å². The maximum absolute atomic E-state index is 10.2. The van der Waals surface area contributed by atoms with Crippen molar-refractivity contribution in [1.29, 1.82) is 0 Å². The predicted molar refractivity (Wildman–Crippen MR) is 23.8 cm³/mol. The second kappa shape index (κ2) is 1.45. The summed E-state index contributed by atoms with van der Waals surface area (Å²) in [6.45, 7) is 0. The molecule has 2 N–H and O–H groups in total. The molecule has 44 valence electrons. The fourth-order valence-corrected chi connectivity index (χ4v) is 0.388. The van der Waals surface area contributed by atoms with Gasteiger partial charge in [-0.3, -0.25) is 0 Å². The highest BCUT2D eigenvalue weighted by Gasteiger charge is 2.26. The Morgan fingerprint density at radius 2 is 2.62 bits per heavy atom. The van der Waals surface area contributed by atoms with Crippen molar-refractivity contribution in [2.45, 2.75) is 6.23 Å². The summed E-state index contributed by atoms with van der Waals surface area (Å²) in [5, 5.41) is 20.6. The van der Waals surface area contributed by atoms with Crippen LogP contribution in [0.25, 0.3) is 0 Å². The largest absolute Gasteiger partial charge is 0.713 e. The Kier molecular flexibility index (Phi) is 0.911. The number of amides is 1. The van der Waals surface area contributed by atoms with Gasteiger partial charge in [0.05, 0.1) is 0 Å². The molecule has 1 rings (SSSR count). The zero-order valence-corrected chi connectivity index (χ0v) is 3.87. The van der Waals surface area contributed by atoms with E-state index in [9.17, 15) is 10.0 Å². The normalized spacial score (nSPS) is 27.4. The molecule has 0 radical (unpaired) electrons. The van der Waals surface area contributed by atoms with Crippen molar-refractivity contribution < 1.29 is 14.6 Å². The molecule has 1 heterocycles. The predicted octanol–water partition coefficient (Wildman–Crippen LogP) is -2.03. The van der Waals surface area contributed by atoms with Crippen LogP contribution in [0.2, 0.25) is 0 Å². The van der Waals surface area contributed by atoms with Gasteiger partial charge in [0.2, 0.25) is 6.34 Å². The molecule has 0 aromatic rings. The van der Waals surface area contributed by atoms with Crippen LogP contribution < -0.4 is 5.32 Å². The third kappa shape index (κ3) is 0.526. The van der Waals surface area contributed by atoms with Crippen LogP contribution in [0, 0.1) is 5.21 Å². The van der Waals surface area contributed by atoms with Crippen LogP contribution in [0.5, 0.6) is 0 Å². The number of nitrogens with one attached hydrogen (secondary N) is 1. The highest BCUT2D eigenvalue weighted by Crippen LogP contribution is 1.87. The molecule has 0 fully saturated rings. The van der Waals surface area contributed by atoms with Gasteiger partial charge in [-0.15, -0.1) is 0 Å². The van der Waals surface area contributed by atoms with E-state index in [0.29, 0.717) is 0 Å². The minimum absolute atomic E-state index is 0.141. The van der Waals surface area contributed by atoms with Crippen molar-refractivity contribution in [2.75, 3.05) is 0 Å². The average molecular weight is 116 g/mol. The van der Waals surface area contributed by atoms with Crippen LogP contribution in [0.15, 0.2) is 0 Å². The second-order valence-corrected chi connectivity index (χ2v) is 1.37. The van der Waals surface area contributed by atoms with Gasteiger partial charge in [0, 0.05) is 0 Å². The molecule has 0 spiro atoms. The highest BCUT2D eigenvalue weighted by atomic mass is 16.5. The number of hydrogen-bond donors (Lipinski definition) is 2. The van der Waals surface area contributed by atoms with Crippen molar-refractivity contribution in [1.82, 2.24) is 5.32 Å². The first-order chi connectivity index (χ1) is 3.72. The van der Waals surface area contributed by atoms with Crippen molar-refractivity contribution in [3.63, 3.8) is 0 Å². The van der Waals surface area contributed by atoms with Gasteiger partial charge in [0.15, 0.2) is 0 Å². The smallest absolute Gasteiger partial charge is 0.380 e. The van der Waals surface area contributed by atoms with Gasteiger partial charge >= 0.3 is 12.1 Å². The molecule has 0 saturated carbocycles. The third-order valence-corrected chi connectivity index (χ3v) is 0.810. The molecule has 0 aliphatic carbocycles. The summed E-state index contributed by atoms with van der Waals surface area (Å²) in [5.74, 6) is -0.681. The molecule has 1 unspecified atom stereocenters. The molecule has 5 heteroatoms. The van der Waals surface area contributed by atoms with E-state index in [1.807, 2.05) is 5.32 Å². The van der Waals surface area contributed by atoms with Gasteiger partial charge in [-0.2, -0.15) is 0 Å². The number of carbonyl (C=O) groups is 1. The van der Waals surface area contributed by atoms with Crippen LogP contribution in [0.1, 0.15) is 0 Å². The van der Waals surface area contributed by atoms with E-state index in [4.69, 9.17) is 5.11 Å². The van der Waals surface area contributed by atoms with Gasteiger partial charge < -0.3 is 10.3 Å². The van der Waals surface area contributed by atoms with E-state index in [0.717, 1.165) is 6.34 Å². The van der Waals surface area contributed by atoms with Gasteiger partial charge in [-0.05, 0) is 0 Å². The number of aliphatic hydroxyl groups is 1. The summed E-state index contributed by atoms with van der Waals surface area (Å²) in [6, 6.07) is 0. The first-order valence-electron chi connectivity index (χ1n) is 1.99. The highest BCUT2D eigenvalue weighted by molar-refractivity contribution is 5.91. The summed E-state index contributed by atoms with van der Waals surface area (Å²) in [6.07, 6.45) is -0.678. The number of aliphatic hydroxyl groups excluding tert-OH is 1. The molecule has 0 aromatic carbocycles. The number of hydroxylamine groups is 1. The minimum Gasteiger partial charge on any atom is -0.713 e. The van der Waals surface area contributed by atoms with Crippen LogP contribution in [-0.2, 0) is 4.79 Å². The fraction of sp³-hybridized carbons (Fsp3) is 0.333. The maximum Gasteiger partial charge on any atom is 0.380 e. The monoisotopic (exact) mass is 116 g/mol. The van der Waals surface area contributed by atoms with Crippen molar-refractivity contribution >= 4 is 12.2 Å². The first kappa shape index (κ1) is 5.04. The third-order valence-electron chi connectivity index (χ3n) is 0.810. The SMILES string of the molecule is O=C1NC=[N+]([O-])C1O. The second-order valence-electron chi connectivity index (χ2n) is 1.37. The topological polar surface area (TPSA) is 75.4 Å². The van der Waals surface area contributed by atoms with Crippen LogP contribution in [0.3, 0.4) is 0 Å². The standard InChI is InChI=1S/C3H4N2O3/c6-2-3(7)5(8)1-4-2/h1,3,7H,(H,4,6). The summed E-state index contributed by atoms with van der Waals surface area (Å²) < 4.78 is 0.141. The fourth-order valence-electron chi connectivity index (χ4n) is 0.388. The van der Waals surface area contributed by atoms with E-state index in [1.54, 1.807) is 0 Å². The Labute approximate surface area is 44.8 Å². The molecule has 1 aliphatic heterocycles. The molecule has 5 nitrogen and oxygen atoms in total. The van der Waals surface area contributed by atoms with Crippen molar-refractivity contribution in [3.05, 3.63) is 5.21 Å². The lowest BCUT2D eigenvalue weighted by Crippen LogP contribution is -2.28. The lowest BCUT2D eigenvalue weighted by molar-refractivity contribution is -0.523. The molecule has 1 amide bonds. The van der Waals surface area contributed by atoms with Gasteiger partial charge in [-0.1, -0.05) is 0 Å². The quantitative estimate of drug-likeness (QED) is 0.283. The van der Waals surface area contributed by atoms with Crippen LogP contribution >= 0.6 is 0 Å². The Bertz CT molecular complexity index is 153.